The highest BCUT2D eigenvalue weighted by Gasteiger charge is 2.34. The Morgan fingerprint density at radius 3 is 2.52 bits per heavy atom. The van der Waals surface area contributed by atoms with E-state index < -0.39 is 31.7 Å². The number of nitrogen functional groups attached to an aromatic ring is 1. The maximum absolute atomic E-state index is 13.2. The molecule has 1 aromatic carbocycles. The van der Waals surface area contributed by atoms with Gasteiger partial charge >= 0.3 is 6.18 Å². The van der Waals surface area contributed by atoms with E-state index in [1.165, 1.54) is 37.7 Å². The largest absolute Gasteiger partial charge is 0.417 e. The van der Waals surface area contributed by atoms with Crippen molar-refractivity contribution in [2.24, 2.45) is 5.16 Å². The lowest BCUT2D eigenvalue weighted by atomic mass is 10.1. The fourth-order valence-corrected chi connectivity index (χ4v) is 4.18. The van der Waals surface area contributed by atoms with Gasteiger partial charge in [-0.15, -0.1) is 0 Å². The van der Waals surface area contributed by atoms with E-state index in [2.05, 4.69) is 19.8 Å². The Bertz CT molecular complexity index is 1330. The number of aromatic nitrogens is 2. The van der Waals surface area contributed by atoms with Crippen LogP contribution in [0.25, 0.3) is 0 Å². The topological polar surface area (TPSA) is 120 Å². The summed E-state index contributed by atoms with van der Waals surface area (Å²) in [5, 5.41) is 3.29. The van der Waals surface area contributed by atoms with Gasteiger partial charge in [-0.1, -0.05) is 28.4 Å². The molecule has 0 aliphatic rings. The third-order valence-corrected chi connectivity index (χ3v) is 6.01. The third kappa shape index (κ3) is 5.64. The van der Waals surface area contributed by atoms with E-state index in [1.54, 1.807) is 0 Å². The first-order valence-corrected chi connectivity index (χ1v) is 11.0. The molecule has 0 unspecified atom stereocenters. The van der Waals surface area contributed by atoms with Crippen LogP contribution in [-0.2, 0) is 21.0 Å². The molecule has 0 amide bonds. The predicted octanol–water partition coefficient (Wildman–Crippen LogP) is 4.58. The van der Waals surface area contributed by atoms with Crippen LogP contribution >= 0.6 is 23.2 Å². The second-order valence-electron chi connectivity index (χ2n) is 6.39. The minimum absolute atomic E-state index is 0.0274. The molecule has 3 aromatic rings. The zero-order valence-electron chi connectivity index (χ0n) is 16.6. The number of alkyl halides is 3. The van der Waals surface area contributed by atoms with Crippen molar-refractivity contribution in [2.45, 2.75) is 11.1 Å². The number of nitrogens with two attached hydrogens (primary N) is 1. The molecule has 8 nitrogen and oxygen atoms in total. The number of rotatable bonds is 6. The number of halogens is 5. The Labute approximate surface area is 196 Å². The van der Waals surface area contributed by atoms with Gasteiger partial charge in [0.2, 0.25) is 0 Å². The molecule has 0 aliphatic carbocycles. The van der Waals surface area contributed by atoms with Gasteiger partial charge in [0.25, 0.3) is 10.0 Å². The quantitative estimate of drug-likeness (QED) is 0.363. The van der Waals surface area contributed by atoms with Gasteiger partial charge in [0.15, 0.2) is 0 Å². The average Bonchev–Trinajstić information content (AvgIpc) is 2.71. The molecular weight excluding hydrogens is 506 g/mol. The molecule has 0 saturated heterocycles. The summed E-state index contributed by atoms with van der Waals surface area (Å²) in [5.41, 5.74) is 4.66. The summed E-state index contributed by atoms with van der Waals surface area (Å²) in [5.74, 6) is 0.147. The zero-order chi connectivity index (χ0) is 24.4. The maximum atomic E-state index is 13.2. The predicted molar refractivity (Wildman–Crippen MR) is 118 cm³/mol. The Morgan fingerprint density at radius 1 is 1.15 bits per heavy atom. The summed E-state index contributed by atoms with van der Waals surface area (Å²) < 4.78 is 67.7. The number of nitrogens with one attached hydrogen (secondary N) is 1. The highest BCUT2D eigenvalue weighted by Crippen LogP contribution is 2.36. The van der Waals surface area contributed by atoms with Gasteiger partial charge in [-0.3, -0.25) is 9.71 Å². The van der Waals surface area contributed by atoms with Crippen LogP contribution in [0.3, 0.4) is 0 Å². The average molecular weight is 520 g/mol. The van der Waals surface area contributed by atoms with Crippen LogP contribution in [0.5, 0.6) is 0 Å². The summed E-state index contributed by atoms with van der Waals surface area (Å²) >= 11 is 11.6. The van der Waals surface area contributed by atoms with Crippen molar-refractivity contribution < 1.29 is 26.4 Å². The molecule has 14 heteroatoms. The normalized spacial score (nSPS) is 12.5. The smallest absolute Gasteiger partial charge is 0.399 e. The SMILES string of the molecule is CON=C(c1ccnc(N)c1)c1ncc(Cl)cc1NS(=O)(=O)c1ccc(Cl)c(C(F)(F)F)c1. The number of hydrogen-bond donors (Lipinski definition) is 2. The first kappa shape index (κ1) is 24.6. The number of pyridine rings is 2. The van der Waals surface area contributed by atoms with Gasteiger partial charge in [0.05, 0.1) is 26.2 Å². The molecule has 0 aliphatic heterocycles. The van der Waals surface area contributed by atoms with Gasteiger partial charge in [0.1, 0.15) is 24.3 Å². The standard InChI is InChI=1S/C19H14Cl2F3N5O3S/c1-32-28-17(10-4-5-26-16(25)6-10)18-15(7-11(20)9-27-18)29-33(30,31)12-2-3-14(21)13(8-12)19(22,23)24/h2-9,29H,1H3,(H2,25,26). The van der Waals surface area contributed by atoms with E-state index in [-0.39, 0.29) is 27.9 Å². The lowest BCUT2D eigenvalue weighted by Crippen LogP contribution is -2.18. The molecule has 0 radical (unpaired) electrons. The summed E-state index contributed by atoms with van der Waals surface area (Å²) in [6, 6.07) is 6.39. The zero-order valence-corrected chi connectivity index (χ0v) is 18.9. The molecule has 0 atom stereocenters. The fraction of sp³-hybridized carbons (Fsp3) is 0.105. The molecule has 0 fully saturated rings. The second-order valence-corrected chi connectivity index (χ2v) is 8.91. The Hall–Kier alpha value is -3.09. The summed E-state index contributed by atoms with van der Waals surface area (Å²) in [6.45, 7) is 0. The first-order chi connectivity index (χ1) is 15.4. The molecule has 2 aromatic heterocycles. The van der Waals surface area contributed by atoms with E-state index in [0.717, 1.165) is 12.1 Å². The van der Waals surface area contributed by atoms with Gasteiger partial charge in [-0.05, 0) is 36.4 Å². The molecule has 3 rings (SSSR count). The van der Waals surface area contributed by atoms with Crippen molar-refractivity contribution in [3.63, 3.8) is 0 Å². The minimum atomic E-state index is -4.86. The van der Waals surface area contributed by atoms with E-state index in [9.17, 15) is 21.6 Å². The van der Waals surface area contributed by atoms with Gasteiger partial charge < -0.3 is 10.6 Å². The van der Waals surface area contributed by atoms with Crippen LogP contribution in [0.1, 0.15) is 16.8 Å². The Kier molecular flexibility index (Phi) is 7.00. The van der Waals surface area contributed by atoms with E-state index in [4.69, 9.17) is 33.8 Å². The number of sulfonamides is 1. The lowest BCUT2D eigenvalue weighted by Gasteiger charge is -2.15. The van der Waals surface area contributed by atoms with Crippen LogP contribution in [0.4, 0.5) is 24.7 Å². The second kappa shape index (κ2) is 9.41. The van der Waals surface area contributed by atoms with Crippen LogP contribution in [0.2, 0.25) is 10.0 Å². The highest BCUT2D eigenvalue weighted by molar-refractivity contribution is 7.92. The van der Waals surface area contributed by atoms with Gasteiger partial charge in [-0.25, -0.2) is 13.4 Å². The number of oxime groups is 1. The summed E-state index contributed by atoms with van der Waals surface area (Å²) in [7, 11) is -3.27. The molecule has 174 valence electrons. The first-order valence-electron chi connectivity index (χ1n) is 8.81. The lowest BCUT2D eigenvalue weighted by molar-refractivity contribution is -0.137. The van der Waals surface area contributed by atoms with Crippen LogP contribution in [0, 0.1) is 0 Å². The maximum Gasteiger partial charge on any atom is 0.417 e. The molecular formula is C19H14Cl2F3N5O3S. The van der Waals surface area contributed by atoms with Gasteiger partial charge in [0, 0.05) is 18.0 Å². The van der Waals surface area contributed by atoms with Crippen molar-refractivity contribution in [3.8, 4) is 0 Å². The van der Waals surface area contributed by atoms with Crippen LogP contribution in [-0.4, -0.2) is 31.2 Å². The fourth-order valence-electron chi connectivity index (χ4n) is 2.72. The minimum Gasteiger partial charge on any atom is -0.399 e. The van der Waals surface area contributed by atoms with E-state index >= 15 is 0 Å². The van der Waals surface area contributed by atoms with Crippen molar-refractivity contribution in [3.05, 3.63) is 75.7 Å². The van der Waals surface area contributed by atoms with Crippen LogP contribution < -0.4 is 10.5 Å². The van der Waals surface area contributed by atoms with Crippen molar-refractivity contribution in [1.82, 2.24) is 9.97 Å². The Balaban J connectivity index is 2.12. The van der Waals surface area contributed by atoms with E-state index in [1.807, 2.05) is 0 Å². The molecule has 2 heterocycles. The number of benzene rings is 1. The molecule has 33 heavy (non-hydrogen) atoms. The molecule has 0 bridgehead atoms. The van der Waals surface area contributed by atoms with Crippen molar-refractivity contribution in [1.29, 1.82) is 0 Å². The number of hydrogen-bond acceptors (Lipinski definition) is 7. The summed E-state index contributed by atoms with van der Waals surface area (Å²) in [6.07, 6.45) is -2.23. The molecule has 0 saturated carbocycles. The highest BCUT2D eigenvalue weighted by atomic mass is 35.5. The molecule has 3 N–H and O–H groups in total. The monoisotopic (exact) mass is 519 g/mol. The van der Waals surface area contributed by atoms with Crippen molar-refractivity contribution in [2.75, 3.05) is 17.6 Å². The number of anilines is 2. The van der Waals surface area contributed by atoms with E-state index in [0.29, 0.717) is 11.6 Å². The number of nitrogens with zero attached hydrogens (tertiary/aromatic N) is 3. The molecule has 0 spiro atoms. The Morgan fingerprint density at radius 2 is 1.88 bits per heavy atom. The summed E-state index contributed by atoms with van der Waals surface area (Å²) in [4.78, 5) is 12.2. The third-order valence-electron chi connectivity index (χ3n) is 4.11. The van der Waals surface area contributed by atoms with Crippen LogP contribution in [0.15, 0.2) is 58.8 Å². The van der Waals surface area contributed by atoms with Gasteiger partial charge in [-0.2, -0.15) is 13.2 Å². The van der Waals surface area contributed by atoms with Crippen molar-refractivity contribution >= 4 is 50.4 Å².